The molecule has 0 aliphatic rings. The van der Waals surface area contributed by atoms with Crippen LogP contribution in [-0.4, -0.2) is 6.29 Å². The first-order valence-electron chi connectivity index (χ1n) is 3.56. The van der Waals surface area contributed by atoms with Gasteiger partial charge in [0.05, 0.1) is 0 Å². The van der Waals surface area contributed by atoms with Gasteiger partial charge in [-0.2, -0.15) is 0 Å². The third kappa shape index (κ3) is 1.83. The van der Waals surface area contributed by atoms with E-state index in [1.165, 1.54) is 6.08 Å². The van der Waals surface area contributed by atoms with Crippen molar-refractivity contribution in [1.29, 1.82) is 0 Å². The summed E-state index contributed by atoms with van der Waals surface area (Å²) >= 11 is 0. The maximum atomic E-state index is 10.0. The van der Waals surface area contributed by atoms with Gasteiger partial charge >= 0.3 is 0 Å². The van der Waals surface area contributed by atoms with Crippen LogP contribution in [0.5, 0.6) is 0 Å². The van der Waals surface area contributed by atoms with Gasteiger partial charge < -0.3 is 0 Å². The van der Waals surface area contributed by atoms with E-state index in [1.54, 1.807) is 6.08 Å². The summed E-state index contributed by atoms with van der Waals surface area (Å²) in [4.78, 5) is 10.0. The zero-order chi connectivity index (χ0) is 8.81. The molecule has 0 amide bonds. The minimum absolute atomic E-state index is 0.729. The molecule has 0 saturated carbocycles. The molecule has 0 fully saturated rings. The molecule has 1 nitrogen and oxygen atoms in total. The molecule has 0 N–H and O–H groups in total. The Balaban J connectivity index is 3.07. The Morgan fingerprint density at radius 3 is 2.75 bits per heavy atom. The standard InChI is InChI=1S/C11H8O/c1-2-10-6-3-4-7-11(10)8-5-9-12/h1,3-9H. The highest BCUT2D eigenvalue weighted by atomic mass is 16.1. The fourth-order valence-electron chi connectivity index (χ4n) is 0.917. The van der Waals surface area contributed by atoms with Crippen LogP contribution < -0.4 is 0 Å². The SMILES string of the molecule is C#Cc1ccccc1C=CC=O. The number of aldehydes is 1. The van der Waals surface area contributed by atoms with Crippen LogP contribution in [0.15, 0.2) is 30.3 Å². The number of terminal acetylenes is 1. The smallest absolute Gasteiger partial charge is 0.142 e. The van der Waals surface area contributed by atoms with E-state index in [-0.39, 0.29) is 0 Å². The van der Waals surface area contributed by atoms with Gasteiger partial charge in [-0.15, -0.1) is 6.42 Å². The first kappa shape index (κ1) is 8.29. The summed E-state index contributed by atoms with van der Waals surface area (Å²) < 4.78 is 0. The van der Waals surface area contributed by atoms with Crippen molar-refractivity contribution in [3.8, 4) is 12.3 Å². The van der Waals surface area contributed by atoms with E-state index in [2.05, 4.69) is 5.92 Å². The van der Waals surface area contributed by atoms with Gasteiger partial charge in [-0.1, -0.05) is 30.2 Å². The number of allylic oxidation sites excluding steroid dienone is 1. The van der Waals surface area contributed by atoms with Crippen molar-refractivity contribution in [3.63, 3.8) is 0 Å². The molecule has 0 aliphatic carbocycles. The lowest BCUT2D eigenvalue weighted by Gasteiger charge is -1.95. The highest BCUT2D eigenvalue weighted by Gasteiger charge is 1.91. The molecule has 0 aliphatic heterocycles. The molecule has 0 heterocycles. The van der Waals surface area contributed by atoms with E-state index >= 15 is 0 Å². The van der Waals surface area contributed by atoms with Crippen LogP contribution in [0.3, 0.4) is 0 Å². The van der Waals surface area contributed by atoms with Crippen LogP contribution >= 0.6 is 0 Å². The van der Waals surface area contributed by atoms with Gasteiger partial charge in [0.15, 0.2) is 0 Å². The molecule has 0 saturated heterocycles. The molecule has 0 radical (unpaired) electrons. The van der Waals surface area contributed by atoms with E-state index in [4.69, 9.17) is 6.42 Å². The van der Waals surface area contributed by atoms with Gasteiger partial charge in [0.2, 0.25) is 0 Å². The minimum Gasteiger partial charge on any atom is -0.299 e. The van der Waals surface area contributed by atoms with Gasteiger partial charge in [0.25, 0.3) is 0 Å². The molecular formula is C11H8O. The summed E-state index contributed by atoms with van der Waals surface area (Å²) in [5.41, 5.74) is 1.70. The molecule has 0 spiro atoms. The average molecular weight is 156 g/mol. The Labute approximate surface area is 71.7 Å². The summed E-state index contributed by atoms with van der Waals surface area (Å²) in [5, 5.41) is 0. The second-order valence-electron chi connectivity index (χ2n) is 2.23. The van der Waals surface area contributed by atoms with E-state index in [0.717, 1.165) is 17.4 Å². The predicted molar refractivity (Wildman–Crippen MR) is 49.5 cm³/mol. The fourth-order valence-corrected chi connectivity index (χ4v) is 0.917. The maximum absolute atomic E-state index is 10.0. The molecule has 1 aromatic rings. The highest BCUT2D eigenvalue weighted by molar-refractivity contribution is 5.75. The topological polar surface area (TPSA) is 17.1 Å². The lowest BCUT2D eigenvalue weighted by Crippen LogP contribution is -1.79. The highest BCUT2D eigenvalue weighted by Crippen LogP contribution is 2.08. The van der Waals surface area contributed by atoms with Gasteiger partial charge in [-0.05, 0) is 17.7 Å². The largest absolute Gasteiger partial charge is 0.299 e. The van der Waals surface area contributed by atoms with Crippen LogP contribution in [0.25, 0.3) is 6.08 Å². The molecule has 1 heteroatoms. The first-order chi connectivity index (χ1) is 5.88. The molecule has 0 unspecified atom stereocenters. The molecule has 0 atom stereocenters. The second-order valence-corrected chi connectivity index (χ2v) is 2.23. The molecule has 12 heavy (non-hydrogen) atoms. The van der Waals surface area contributed by atoms with Crippen LogP contribution in [0.4, 0.5) is 0 Å². The van der Waals surface area contributed by atoms with Gasteiger partial charge in [-0.25, -0.2) is 0 Å². The number of hydrogen-bond donors (Lipinski definition) is 0. The Morgan fingerprint density at radius 1 is 1.33 bits per heavy atom. The van der Waals surface area contributed by atoms with Crippen molar-refractivity contribution in [2.75, 3.05) is 0 Å². The number of hydrogen-bond acceptors (Lipinski definition) is 1. The maximum Gasteiger partial charge on any atom is 0.142 e. The summed E-state index contributed by atoms with van der Waals surface area (Å²) in [6.45, 7) is 0. The molecular weight excluding hydrogens is 148 g/mol. The van der Waals surface area contributed by atoms with Crippen LogP contribution in [0, 0.1) is 12.3 Å². The first-order valence-corrected chi connectivity index (χ1v) is 3.56. The lowest BCUT2D eigenvalue weighted by molar-refractivity contribution is -0.104. The quantitative estimate of drug-likeness (QED) is 0.363. The normalized spacial score (nSPS) is 9.58. The Morgan fingerprint density at radius 2 is 2.08 bits per heavy atom. The van der Waals surface area contributed by atoms with Crippen molar-refractivity contribution in [2.24, 2.45) is 0 Å². The average Bonchev–Trinajstić information content (AvgIpc) is 2.15. The summed E-state index contributed by atoms with van der Waals surface area (Å²) in [6.07, 6.45) is 9.10. The Kier molecular flexibility index (Phi) is 2.87. The van der Waals surface area contributed by atoms with Gasteiger partial charge in [-0.3, -0.25) is 4.79 Å². The van der Waals surface area contributed by atoms with E-state index < -0.39 is 0 Å². The number of carbonyl (C=O) groups excluding carboxylic acids is 1. The van der Waals surface area contributed by atoms with Crippen molar-refractivity contribution >= 4 is 12.4 Å². The van der Waals surface area contributed by atoms with Crippen molar-refractivity contribution in [3.05, 3.63) is 41.5 Å². The summed E-state index contributed by atoms with van der Waals surface area (Å²) in [6, 6.07) is 7.46. The molecule has 0 aromatic heterocycles. The number of benzene rings is 1. The molecule has 1 rings (SSSR count). The van der Waals surface area contributed by atoms with Crippen molar-refractivity contribution in [1.82, 2.24) is 0 Å². The third-order valence-electron chi connectivity index (χ3n) is 1.47. The Bertz CT molecular complexity index is 342. The summed E-state index contributed by atoms with van der Waals surface area (Å²) in [7, 11) is 0. The molecule has 1 aromatic carbocycles. The van der Waals surface area contributed by atoms with Crippen molar-refractivity contribution < 1.29 is 4.79 Å². The zero-order valence-corrected chi connectivity index (χ0v) is 6.53. The monoisotopic (exact) mass is 156 g/mol. The second kappa shape index (κ2) is 4.15. The number of carbonyl (C=O) groups is 1. The zero-order valence-electron chi connectivity index (χ0n) is 6.53. The van der Waals surface area contributed by atoms with Crippen molar-refractivity contribution in [2.45, 2.75) is 0 Å². The summed E-state index contributed by atoms with van der Waals surface area (Å²) in [5.74, 6) is 2.54. The van der Waals surface area contributed by atoms with Gasteiger partial charge in [0.1, 0.15) is 6.29 Å². The predicted octanol–water partition coefficient (Wildman–Crippen LogP) is 1.88. The third-order valence-corrected chi connectivity index (χ3v) is 1.47. The van der Waals surface area contributed by atoms with Gasteiger partial charge in [0, 0.05) is 5.56 Å². The molecule has 58 valence electrons. The minimum atomic E-state index is 0.729. The van der Waals surface area contributed by atoms with E-state index in [9.17, 15) is 4.79 Å². The fraction of sp³-hybridized carbons (Fsp3) is 0. The van der Waals surface area contributed by atoms with Crippen LogP contribution in [0.2, 0.25) is 0 Å². The van der Waals surface area contributed by atoms with E-state index in [0.29, 0.717) is 0 Å². The van der Waals surface area contributed by atoms with Crippen LogP contribution in [0.1, 0.15) is 11.1 Å². The lowest BCUT2D eigenvalue weighted by atomic mass is 10.1. The van der Waals surface area contributed by atoms with E-state index in [1.807, 2.05) is 24.3 Å². The van der Waals surface area contributed by atoms with Crippen LogP contribution in [-0.2, 0) is 4.79 Å². The molecule has 0 bridgehead atoms. The number of rotatable bonds is 2. The Hall–Kier alpha value is -1.81.